The van der Waals surface area contributed by atoms with Crippen LogP contribution in [-0.2, 0) is 7.05 Å². The zero-order valence-corrected chi connectivity index (χ0v) is 12.7. The van der Waals surface area contributed by atoms with E-state index >= 15 is 0 Å². The van der Waals surface area contributed by atoms with Gasteiger partial charge in [0.25, 0.3) is 0 Å². The van der Waals surface area contributed by atoms with E-state index in [-0.39, 0.29) is 6.04 Å². The number of hydrogen-bond acceptors (Lipinski definition) is 5. The monoisotopic (exact) mass is 293 g/mol. The average molecular weight is 293 g/mol. The number of nitrogens with zero attached hydrogens (tertiary/aromatic N) is 2. The smallest absolute Gasteiger partial charge is 0.161 e. The highest BCUT2D eigenvalue weighted by molar-refractivity contribution is 7.99. The minimum absolute atomic E-state index is 0.0694. The maximum Gasteiger partial charge on any atom is 0.161 e. The molecule has 1 atom stereocenters. The van der Waals surface area contributed by atoms with Crippen LogP contribution in [0, 0.1) is 0 Å². The summed E-state index contributed by atoms with van der Waals surface area (Å²) in [6, 6.07) is 5.70. The Balaban J connectivity index is 2.03. The lowest BCUT2D eigenvalue weighted by molar-refractivity contribution is 0.354. The zero-order chi connectivity index (χ0) is 14.5. The van der Waals surface area contributed by atoms with Gasteiger partial charge in [0.05, 0.1) is 20.4 Å². The molecule has 0 bridgehead atoms. The van der Waals surface area contributed by atoms with Gasteiger partial charge in [-0.1, -0.05) is 6.07 Å². The van der Waals surface area contributed by atoms with Crippen LogP contribution in [0.25, 0.3) is 0 Å². The van der Waals surface area contributed by atoms with E-state index in [0.29, 0.717) is 11.5 Å². The molecule has 2 rings (SSSR count). The van der Waals surface area contributed by atoms with Gasteiger partial charge in [-0.15, -0.1) is 11.8 Å². The highest BCUT2D eigenvalue weighted by Gasteiger charge is 2.11. The first-order valence-electron chi connectivity index (χ1n) is 6.23. The molecule has 0 aliphatic carbocycles. The van der Waals surface area contributed by atoms with Crippen molar-refractivity contribution in [2.75, 3.05) is 20.0 Å². The van der Waals surface area contributed by atoms with E-state index in [1.165, 1.54) is 0 Å². The lowest BCUT2D eigenvalue weighted by Crippen LogP contribution is -2.13. The van der Waals surface area contributed by atoms with Crippen LogP contribution in [0.3, 0.4) is 0 Å². The predicted octanol–water partition coefficient (Wildman–Crippen LogP) is 2.23. The second-order valence-corrected chi connectivity index (χ2v) is 5.48. The Bertz CT molecular complexity index is 571. The molecule has 5 nitrogen and oxygen atoms in total. The van der Waals surface area contributed by atoms with Crippen LogP contribution in [0.5, 0.6) is 11.5 Å². The van der Waals surface area contributed by atoms with Gasteiger partial charge in [0.2, 0.25) is 0 Å². The maximum absolute atomic E-state index is 6.22. The van der Waals surface area contributed by atoms with Crippen LogP contribution in [-0.4, -0.2) is 29.8 Å². The number of nitrogens with two attached hydrogens (primary N) is 1. The topological polar surface area (TPSA) is 62.3 Å². The summed E-state index contributed by atoms with van der Waals surface area (Å²) >= 11 is 1.69. The minimum Gasteiger partial charge on any atom is -0.493 e. The summed E-state index contributed by atoms with van der Waals surface area (Å²) < 4.78 is 12.3. The third kappa shape index (κ3) is 3.46. The van der Waals surface area contributed by atoms with Crippen molar-refractivity contribution in [1.82, 2.24) is 9.78 Å². The first-order chi connectivity index (χ1) is 9.63. The first kappa shape index (κ1) is 14.7. The van der Waals surface area contributed by atoms with Gasteiger partial charge < -0.3 is 15.2 Å². The summed E-state index contributed by atoms with van der Waals surface area (Å²) in [5.41, 5.74) is 7.25. The summed E-state index contributed by atoms with van der Waals surface area (Å²) in [5.74, 6) is 2.19. The van der Waals surface area contributed by atoms with Gasteiger partial charge in [-0.2, -0.15) is 5.10 Å². The molecule has 6 heteroatoms. The summed E-state index contributed by atoms with van der Waals surface area (Å²) in [6.45, 7) is 0. The number of rotatable bonds is 6. The predicted molar refractivity (Wildman–Crippen MR) is 80.4 cm³/mol. The molecular weight excluding hydrogens is 274 g/mol. The van der Waals surface area contributed by atoms with Gasteiger partial charge in [0.1, 0.15) is 0 Å². The maximum atomic E-state index is 6.22. The molecule has 1 aromatic carbocycles. The Morgan fingerprint density at radius 3 is 2.65 bits per heavy atom. The molecule has 0 amide bonds. The number of hydrogen-bond donors (Lipinski definition) is 1. The normalized spacial score (nSPS) is 12.2. The summed E-state index contributed by atoms with van der Waals surface area (Å²) in [7, 11) is 5.14. The van der Waals surface area contributed by atoms with Crippen LogP contribution < -0.4 is 15.2 Å². The SMILES string of the molecule is COc1ccc(C(N)CSc2cnn(C)c2)cc1OC. The molecular formula is C14H19N3O2S. The highest BCUT2D eigenvalue weighted by atomic mass is 32.2. The van der Waals surface area contributed by atoms with E-state index in [0.717, 1.165) is 16.2 Å². The quantitative estimate of drug-likeness (QED) is 0.828. The second kappa shape index (κ2) is 6.67. The number of thioether (sulfide) groups is 1. The Labute approximate surface area is 123 Å². The molecule has 0 aliphatic rings. The lowest BCUT2D eigenvalue weighted by Gasteiger charge is -2.14. The van der Waals surface area contributed by atoms with Gasteiger partial charge in [0, 0.05) is 29.9 Å². The van der Waals surface area contributed by atoms with Crippen molar-refractivity contribution in [3.05, 3.63) is 36.2 Å². The van der Waals surface area contributed by atoms with Crippen LogP contribution in [0.2, 0.25) is 0 Å². The summed E-state index contributed by atoms with van der Waals surface area (Å²) in [4.78, 5) is 1.11. The molecule has 0 saturated heterocycles. The van der Waals surface area contributed by atoms with Gasteiger partial charge in [0.15, 0.2) is 11.5 Å². The van der Waals surface area contributed by atoms with Crippen LogP contribution in [0.15, 0.2) is 35.5 Å². The largest absolute Gasteiger partial charge is 0.493 e. The Hall–Kier alpha value is -1.66. The van der Waals surface area contributed by atoms with E-state index < -0.39 is 0 Å². The van der Waals surface area contributed by atoms with Crippen LogP contribution in [0.1, 0.15) is 11.6 Å². The van der Waals surface area contributed by atoms with Crippen molar-refractivity contribution in [3.8, 4) is 11.5 Å². The van der Waals surface area contributed by atoms with Crippen LogP contribution >= 0.6 is 11.8 Å². The number of benzene rings is 1. The molecule has 108 valence electrons. The minimum atomic E-state index is -0.0694. The van der Waals surface area contributed by atoms with E-state index in [1.807, 2.05) is 37.6 Å². The molecule has 0 saturated carbocycles. The fourth-order valence-corrected chi connectivity index (χ4v) is 2.75. The number of methoxy groups -OCH3 is 2. The Kier molecular flexibility index (Phi) is 4.92. The molecule has 0 radical (unpaired) electrons. The Morgan fingerprint density at radius 1 is 1.30 bits per heavy atom. The van der Waals surface area contributed by atoms with Gasteiger partial charge in [-0.3, -0.25) is 4.68 Å². The van der Waals surface area contributed by atoms with E-state index in [4.69, 9.17) is 15.2 Å². The van der Waals surface area contributed by atoms with Gasteiger partial charge >= 0.3 is 0 Å². The molecule has 0 spiro atoms. The molecule has 1 aromatic heterocycles. The van der Waals surface area contributed by atoms with E-state index in [2.05, 4.69) is 5.10 Å². The third-order valence-corrected chi connectivity index (χ3v) is 4.02. The summed E-state index contributed by atoms with van der Waals surface area (Å²) in [6.07, 6.45) is 3.82. The van der Waals surface area contributed by atoms with Crippen molar-refractivity contribution < 1.29 is 9.47 Å². The van der Waals surface area contributed by atoms with Crippen molar-refractivity contribution in [2.24, 2.45) is 12.8 Å². The van der Waals surface area contributed by atoms with Crippen molar-refractivity contribution in [1.29, 1.82) is 0 Å². The molecule has 0 fully saturated rings. The van der Waals surface area contributed by atoms with Crippen molar-refractivity contribution in [2.45, 2.75) is 10.9 Å². The fraction of sp³-hybridized carbons (Fsp3) is 0.357. The second-order valence-electron chi connectivity index (χ2n) is 4.38. The van der Waals surface area contributed by atoms with Crippen LogP contribution in [0.4, 0.5) is 0 Å². The number of ether oxygens (including phenoxy) is 2. The molecule has 2 aromatic rings. The van der Waals surface area contributed by atoms with E-state index in [1.54, 1.807) is 30.7 Å². The lowest BCUT2D eigenvalue weighted by atomic mass is 10.1. The molecule has 0 aliphatic heterocycles. The van der Waals surface area contributed by atoms with E-state index in [9.17, 15) is 0 Å². The first-order valence-corrected chi connectivity index (χ1v) is 7.21. The van der Waals surface area contributed by atoms with Crippen molar-refractivity contribution >= 4 is 11.8 Å². The van der Waals surface area contributed by atoms with Crippen molar-refractivity contribution in [3.63, 3.8) is 0 Å². The fourth-order valence-electron chi connectivity index (χ4n) is 1.84. The molecule has 1 heterocycles. The third-order valence-electron chi connectivity index (χ3n) is 2.95. The molecule has 1 unspecified atom stereocenters. The van der Waals surface area contributed by atoms with Gasteiger partial charge in [-0.25, -0.2) is 0 Å². The standard InChI is InChI=1S/C14H19N3O2S/c1-17-8-11(7-16-17)20-9-12(15)10-4-5-13(18-2)14(6-10)19-3/h4-8,12H,9,15H2,1-3H3. The molecule has 2 N–H and O–H groups in total. The zero-order valence-electron chi connectivity index (χ0n) is 11.9. The number of aryl methyl sites for hydroxylation is 1. The van der Waals surface area contributed by atoms with Gasteiger partial charge in [-0.05, 0) is 17.7 Å². The average Bonchev–Trinajstić information content (AvgIpc) is 2.89. The highest BCUT2D eigenvalue weighted by Crippen LogP contribution is 2.31. The number of aromatic nitrogens is 2. The molecule has 20 heavy (non-hydrogen) atoms. The summed E-state index contributed by atoms with van der Waals surface area (Å²) in [5, 5.41) is 4.14. The Morgan fingerprint density at radius 2 is 2.05 bits per heavy atom.